The molecule has 0 atom stereocenters. The van der Waals surface area contributed by atoms with E-state index in [1.807, 2.05) is 32.9 Å². The Bertz CT molecular complexity index is 419. The molecule has 1 rings (SSSR count). The summed E-state index contributed by atoms with van der Waals surface area (Å²) in [6, 6.07) is 5.57. The van der Waals surface area contributed by atoms with E-state index in [4.69, 9.17) is 11.6 Å². The molecule has 0 saturated carbocycles. The fourth-order valence-electron chi connectivity index (χ4n) is 1.43. The van der Waals surface area contributed by atoms with Crippen molar-refractivity contribution in [1.82, 2.24) is 0 Å². The van der Waals surface area contributed by atoms with Gasteiger partial charge < -0.3 is 5.32 Å². The lowest BCUT2D eigenvalue weighted by Crippen LogP contribution is -2.28. The molecule has 0 aliphatic carbocycles. The van der Waals surface area contributed by atoms with Gasteiger partial charge in [-0.25, -0.2) is 0 Å². The van der Waals surface area contributed by atoms with E-state index in [1.165, 1.54) is 0 Å². The zero-order chi connectivity index (χ0) is 13.2. The number of halogens is 1. The Labute approximate surface area is 108 Å². The standard InChI is InChI=1S/C14H20ClNO/c1-9(2)11-8-10(15)6-7-12(11)16-13(17)14(3,4)5/h6-9H,1-5H3,(H,16,17). The van der Waals surface area contributed by atoms with Gasteiger partial charge in [-0.05, 0) is 29.7 Å². The quantitative estimate of drug-likeness (QED) is 0.829. The molecule has 0 radical (unpaired) electrons. The Balaban J connectivity index is 3.03. The van der Waals surface area contributed by atoms with Gasteiger partial charge in [-0.15, -0.1) is 0 Å². The van der Waals surface area contributed by atoms with Crippen molar-refractivity contribution in [3.8, 4) is 0 Å². The number of benzene rings is 1. The van der Waals surface area contributed by atoms with Crippen LogP contribution in [0.3, 0.4) is 0 Å². The highest BCUT2D eigenvalue weighted by Gasteiger charge is 2.22. The minimum atomic E-state index is -0.395. The molecule has 0 aliphatic heterocycles. The molecular formula is C14H20ClNO. The van der Waals surface area contributed by atoms with Crippen molar-refractivity contribution in [3.05, 3.63) is 28.8 Å². The molecular weight excluding hydrogens is 234 g/mol. The second-order valence-corrected chi connectivity index (χ2v) is 6.03. The molecule has 0 aliphatic rings. The summed E-state index contributed by atoms with van der Waals surface area (Å²) in [5, 5.41) is 3.66. The molecule has 1 aromatic rings. The topological polar surface area (TPSA) is 29.1 Å². The van der Waals surface area contributed by atoms with Crippen LogP contribution in [0.1, 0.15) is 46.1 Å². The normalized spacial score (nSPS) is 11.7. The SMILES string of the molecule is CC(C)c1cc(Cl)ccc1NC(=O)C(C)(C)C. The predicted molar refractivity (Wildman–Crippen MR) is 73.6 cm³/mol. The van der Waals surface area contributed by atoms with Crippen LogP contribution in [-0.2, 0) is 4.79 Å². The Morgan fingerprint density at radius 3 is 2.35 bits per heavy atom. The van der Waals surface area contributed by atoms with Gasteiger partial charge in [-0.2, -0.15) is 0 Å². The molecule has 0 saturated heterocycles. The fourth-order valence-corrected chi connectivity index (χ4v) is 1.62. The van der Waals surface area contributed by atoms with Crippen LogP contribution in [0.25, 0.3) is 0 Å². The zero-order valence-electron chi connectivity index (χ0n) is 11.1. The van der Waals surface area contributed by atoms with Crippen molar-refractivity contribution in [2.24, 2.45) is 5.41 Å². The molecule has 1 amide bonds. The first-order valence-corrected chi connectivity index (χ1v) is 6.20. The average molecular weight is 254 g/mol. The van der Waals surface area contributed by atoms with Crippen molar-refractivity contribution < 1.29 is 4.79 Å². The van der Waals surface area contributed by atoms with Gasteiger partial charge in [0.05, 0.1) is 0 Å². The van der Waals surface area contributed by atoms with E-state index in [0.717, 1.165) is 11.3 Å². The smallest absolute Gasteiger partial charge is 0.229 e. The van der Waals surface area contributed by atoms with Gasteiger partial charge in [0.2, 0.25) is 5.91 Å². The van der Waals surface area contributed by atoms with E-state index in [9.17, 15) is 4.79 Å². The lowest BCUT2D eigenvalue weighted by Gasteiger charge is -2.20. The zero-order valence-corrected chi connectivity index (χ0v) is 11.9. The summed E-state index contributed by atoms with van der Waals surface area (Å²) in [5.41, 5.74) is 1.52. The molecule has 0 spiro atoms. The monoisotopic (exact) mass is 253 g/mol. The molecule has 0 aromatic heterocycles. The molecule has 94 valence electrons. The third-order valence-corrected chi connectivity index (χ3v) is 2.80. The highest BCUT2D eigenvalue weighted by atomic mass is 35.5. The summed E-state index contributed by atoms with van der Waals surface area (Å²) in [5.74, 6) is 0.339. The van der Waals surface area contributed by atoms with Gasteiger partial charge in [0.1, 0.15) is 0 Å². The molecule has 3 heteroatoms. The van der Waals surface area contributed by atoms with Crippen LogP contribution in [0.4, 0.5) is 5.69 Å². The number of anilines is 1. The number of carbonyl (C=O) groups excluding carboxylic acids is 1. The van der Waals surface area contributed by atoms with Gasteiger partial charge in [-0.3, -0.25) is 4.79 Å². The number of rotatable bonds is 2. The van der Waals surface area contributed by atoms with Gasteiger partial charge in [0.15, 0.2) is 0 Å². The van der Waals surface area contributed by atoms with Gasteiger partial charge in [-0.1, -0.05) is 46.2 Å². The van der Waals surface area contributed by atoms with Crippen LogP contribution in [0.5, 0.6) is 0 Å². The van der Waals surface area contributed by atoms with Crippen LogP contribution in [0.15, 0.2) is 18.2 Å². The number of hydrogen-bond acceptors (Lipinski definition) is 1. The lowest BCUT2D eigenvalue weighted by atomic mass is 9.94. The number of nitrogens with one attached hydrogen (secondary N) is 1. The summed E-state index contributed by atoms with van der Waals surface area (Å²) in [4.78, 5) is 11.9. The molecule has 17 heavy (non-hydrogen) atoms. The number of carbonyl (C=O) groups is 1. The first-order valence-electron chi connectivity index (χ1n) is 5.82. The van der Waals surface area contributed by atoms with Crippen LogP contribution < -0.4 is 5.32 Å². The molecule has 0 heterocycles. The van der Waals surface area contributed by atoms with E-state index in [0.29, 0.717) is 10.9 Å². The van der Waals surface area contributed by atoms with Crippen molar-refractivity contribution in [2.75, 3.05) is 5.32 Å². The summed E-state index contributed by atoms with van der Waals surface area (Å²) in [7, 11) is 0. The van der Waals surface area contributed by atoms with E-state index >= 15 is 0 Å². The van der Waals surface area contributed by atoms with Crippen molar-refractivity contribution in [3.63, 3.8) is 0 Å². The average Bonchev–Trinajstić information content (AvgIpc) is 2.18. The van der Waals surface area contributed by atoms with Crippen LogP contribution >= 0.6 is 11.6 Å². The van der Waals surface area contributed by atoms with Crippen LogP contribution in [-0.4, -0.2) is 5.91 Å². The predicted octanol–water partition coefficient (Wildman–Crippen LogP) is 4.45. The maximum atomic E-state index is 11.9. The summed E-state index contributed by atoms with van der Waals surface area (Å²) in [6.45, 7) is 9.85. The van der Waals surface area contributed by atoms with E-state index in [-0.39, 0.29) is 5.91 Å². The number of hydrogen-bond donors (Lipinski definition) is 1. The van der Waals surface area contributed by atoms with Gasteiger partial charge in [0, 0.05) is 16.1 Å². The third kappa shape index (κ3) is 3.74. The highest BCUT2D eigenvalue weighted by Crippen LogP contribution is 2.28. The molecule has 2 nitrogen and oxygen atoms in total. The molecule has 1 aromatic carbocycles. The Morgan fingerprint density at radius 1 is 1.29 bits per heavy atom. The maximum absolute atomic E-state index is 11.9. The largest absolute Gasteiger partial charge is 0.325 e. The van der Waals surface area contributed by atoms with E-state index in [2.05, 4.69) is 19.2 Å². The lowest BCUT2D eigenvalue weighted by molar-refractivity contribution is -0.123. The highest BCUT2D eigenvalue weighted by molar-refractivity contribution is 6.30. The van der Waals surface area contributed by atoms with E-state index in [1.54, 1.807) is 6.07 Å². The van der Waals surface area contributed by atoms with Crippen molar-refractivity contribution in [1.29, 1.82) is 0 Å². The summed E-state index contributed by atoms with van der Waals surface area (Å²) in [6.07, 6.45) is 0. The molecule has 0 bridgehead atoms. The van der Waals surface area contributed by atoms with Crippen LogP contribution in [0, 0.1) is 5.41 Å². The van der Waals surface area contributed by atoms with Crippen LogP contribution in [0.2, 0.25) is 5.02 Å². The minimum absolute atomic E-state index is 0.0155. The fraction of sp³-hybridized carbons (Fsp3) is 0.500. The number of amides is 1. The first-order chi connectivity index (χ1) is 7.71. The molecule has 1 N–H and O–H groups in total. The second-order valence-electron chi connectivity index (χ2n) is 5.59. The first kappa shape index (κ1) is 14.0. The Kier molecular flexibility index (Phi) is 4.21. The Hall–Kier alpha value is -1.02. The van der Waals surface area contributed by atoms with Gasteiger partial charge in [0.25, 0.3) is 0 Å². The molecule has 0 fully saturated rings. The second kappa shape index (κ2) is 5.09. The summed E-state index contributed by atoms with van der Waals surface area (Å²) >= 11 is 5.97. The minimum Gasteiger partial charge on any atom is -0.325 e. The van der Waals surface area contributed by atoms with Crippen molar-refractivity contribution in [2.45, 2.75) is 40.5 Å². The third-order valence-electron chi connectivity index (χ3n) is 2.57. The van der Waals surface area contributed by atoms with E-state index < -0.39 is 5.41 Å². The van der Waals surface area contributed by atoms with Gasteiger partial charge >= 0.3 is 0 Å². The maximum Gasteiger partial charge on any atom is 0.229 e. The molecule has 0 unspecified atom stereocenters. The Morgan fingerprint density at radius 2 is 1.88 bits per heavy atom. The van der Waals surface area contributed by atoms with Crippen molar-refractivity contribution >= 4 is 23.2 Å². The summed E-state index contributed by atoms with van der Waals surface area (Å²) < 4.78 is 0.